The molecule has 1 fully saturated rings. The predicted octanol–water partition coefficient (Wildman–Crippen LogP) is 2.75. The number of nitrogens with zero attached hydrogens (tertiary/aromatic N) is 5. The Labute approximate surface area is 201 Å². The van der Waals surface area contributed by atoms with Gasteiger partial charge in [0.2, 0.25) is 11.9 Å². The summed E-state index contributed by atoms with van der Waals surface area (Å²) in [7, 11) is 0. The molecule has 0 bridgehead atoms. The number of carbonyl (C=O) groups excluding carboxylic acids is 2. The Morgan fingerprint density at radius 3 is 2.63 bits per heavy atom. The number of nitriles is 1. The lowest BCUT2D eigenvalue weighted by Crippen LogP contribution is -2.37. The molecule has 11 nitrogen and oxygen atoms in total. The van der Waals surface area contributed by atoms with Crippen molar-refractivity contribution < 1.29 is 14.4 Å². The van der Waals surface area contributed by atoms with Crippen LogP contribution in [0.4, 0.5) is 23.1 Å². The van der Waals surface area contributed by atoms with Gasteiger partial charge in [-0.05, 0) is 43.2 Å². The van der Waals surface area contributed by atoms with Crippen molar-refractivity contribution in [3.8, 4) is 17.3 Å². The van der Waals surface area contributed by atoms with Gasteiger partial charge in [-0.15, -0.1) is 0 Å². The van der Waals surface area contributed by atoms with E-state index in [0.717, 1.165) is 11.3 Å². The maximum Gasteiger partial charge on any atom is 0.327 e. The molecular formula is C24H24N8O3. The van der Waals surface area contributed by atoms with Crippen LogP contribution in [0.15, 0.2) is 48.8 Å². The largest absolute Gasteiger partial charge is 0.373 e. The van der Waals surface area contributed by atoms with Gasteiger partial charge in [-0.1, -0.05) is 6.07 Å². The third kappa shape index (κ3) is 5.69. The molecule has 1 amide bonds. The second kappa shape index (κ2) is 10.6. The number of rotatable bonds is 6. The highest BCUT2D eigenvalue weighted by Crippen LogP contribution is 2.30. The second-order valence-electron chi connectivity index (χ2n) is 8.05. The van der Waals surface area contributed by atoms with Crippen molar-refractivity contribution in [1.82, 2.24) is 15.0 Å². The van der Waals surface area contributed by atoms with E-state index >= 15 is 0 Å². The van der Waals surface area contributed by atoms with Gasteiger partial charge >= 0.3 is 5.97 Å². The SMILES string of the molecule is CC(=O)Nc1ccc(Nc2nccc(-c3ccc(N4CCC(C(=O)ON)CC4)c(C#N)c3)n2)cn1. The van der Waals surface area contributed by atoms with E-state index in [9.17, 15) is 14.9 Å². The van der Waals surface area contributed by atoms with Crippen LogP contribution in [0.5, 0.6) is 0 Å². The van der Waals surface area contributed by atoms with Crippen LogP contribution in [0.2, 0.25) is 0 Å². The number of amides is 1. The third-order valence-electron chi connectivity index (χ3n) is 5.68. The Hall–Kier alpha value is -4.56. The number of piperidine rings is 1. The number of pyridine rings is 1. The molecule has 0 spiro atoms. The van der Waals surface area contributed by atoms with E-state index < -0.39 is 5.97 Å². The van der Waals surface area contributed by atoms with Gasteiger partial charge in [0.1, 0.15) is 11.9 Å². The van der Waals surface area contributed by atoms with Crippen LogP contribution in [0.1, 0.15) is 25.3 Å². The average molecular weight is 473 g/mol. The number of carbonyl (C=O) groups is 2. The molecule has 2 aromatic heterocycles. The van der Waals surface area contributed by atoms with Crippen LogP contribution in [0.3, 0.4) is 0 Å². The maximum atomic E-state index is 11.7. The van der Waals surface area contributed by atoms with Gasteiger partial charge in [-0.3, -0.25) is 9.59 Å². The molecule has 0 radical (unpaired) electrons. The first kappa shape index (κ1) is 23.6. The van der Waals surface area contributed by atoms with Crippen LogP contribution < -0.4 is 21.4 Å². The Morgan fingerprint density at radius 1 is 1.17 bits per heavy atom. The first-order chi connectivity index (χ1) is 17.0. The van der Waals surface area contributed by atoms with Gasteiger partial charge in [-0.2, -0.15) is 11.2 Å². The maximum absolute atomic E-state index is 11.7. The lowest BCUT2D eigenvalue weighted by atomic mass is 9.95. The molecule has 4 N–H and O–H groups in total. The molecule has 0 unspecified atom stereocenters. The molecule has 0 atom stereocenters. The summed E-state index contributed by atoms with van der Waals surface area (Å²) in [5, 5.41) is 15.5. The first-order valence-corrected chi connectivity index (χ1v) is 11.0. The number of nitrogens with one attached hydrogen (secondary N) is 2. The van der Waals surface area contributed by atoms with E-state index in [4.69, 9.17) is 5.90 Å². The van der Waals surface area contributed by atoms with Crippen molar-refractivity contribution in [3.05, 3.63) is 54.4 Å². The zero-order valence-electron chi connectivity index (χ0n) is 19.1. The Bertz CT molecular complexity index is 1260. The molecule has 3 aromatic rings. The minimum absolute atomic E-state index is 0.197. The van der Waals surface area contributed by atoms with E-state index in [1.807, 2.05) is 12.1 Å². The molecular weight excluding hydrogens is 448 g/mol. The second-order valence-corrected chi connectivity index (χ2v) is 8.05. The van der Waals surface area contributed by atoms with Crippen molar-refractivity contribution in [3.63, 3.8) is 0 Å². The molecule has 3 heterocycles. The number of anilines is 4. The summed E-state index contributed by atoms with van der Waals surface area (Å²) in [5.41, 5.74) is 3.42. The molecule has 1 saturated heterocycles. The average Bonchev–Trinajstić information content (AvgIpc) is 2.89. The number of hydrogen-bond acceptors (Lipinski definition) is 10. The first-order valence-electron chi connectivity index (χ1n) is 11.0. The van der Waals surface area contributed by atoms with E-state index in [1.165, 1.54) is 6.92 Å². The molecule has 11 heteroatoms. The van der Waals surface area contributed by atoms with Crippen LogP contribution in [-0.2, 0) is 14.4 Å². The van der Waals surface area contributed by atoms with E-state index in [-0.39, 0.29) is 11.8 Å². The fraction of sp³-hybridized carbons (Fsp3) is 0.250. The van der Waals surface area contributed by atoms with Crippen molar-refractivity contribution in [2.24, 2.45) is 11.8 Å². The highest BCUT2D eigenvalue weighted by atomic mass is 16.7. The number of hydrogen-bond donors (Lipinski definition) is 3. The van der Waals surface area contributed by atoms with Crippen LogP contribution in [0, 0.1) is 17.2 Å². The molecule has 1 aliphatic rings. The number of benzene rings is 1. The van der Waals surface area contributed by atoms with Gasteiger partial charge in [0.05, 0.1) is 34.7 Å². The lowest BCUT2D eigenvalue weighted by Gasteiger charge is -2.32. The van der Waals surface area contributed by atoms with E-state index in [2.05, 4.69) is 41.4 Å². The number of nitrogens with two attached hydrogens (primary N) is 1. The van der Waals surface area contributed by atoms with Crippen molar-refractivity contribution >= 4 is 35.0 Å². The summed E-state index contributed by atoms with van der Waals surface area (Å²) >= 11 is 0. The molecule has 1 aromatic carbocycles. The standard InChI is InChI=1S/C24H24N8O3/c1-15(33)29-22-5-3-19(14-28-22)30-24-27-9-6-20(31-24)17-2-4-21(18(12-17)13-25)32-10-7-16(8-11-32)23(34)35-26/h2-6,9,12,14,16H,7-8,10-11,26H2,1H3,(H,27,30,31)(H,28,29,33). The molecule has 178 valence electrons. The Morgan fingerprint density at radius 2 is 1.97 bits per heavy atom. The fourth-order valence-corrected chi connectivity index (χ4v) is 3.94. The smallest absolute Gasteiger partial charge is 0.327 e. The quantitative estimate of drug-likeness (QED) is 0.455. The Kier molecular flexibility index (Phi) is 7.13. The molecule has 35 heavy (non-hydrogen) atoms. The van der Waals surface area contributed by atoms with Gasteiger partial charge in [0.25, 0.3) is 0 Å². The highest BCUT2D eigenvalue weighted by molar-refractivity contribution is 5.87. The third-order valence-corrected chi connectivity index (χ3v) is 5.68. The summed E-state index contributed by atoms with van der Waals surface area (Å²) in [4.78, 5) is 42.2. The minimum atomic E-state index is -0.395. The fourth-order valence-electron chi connectivity index (χ4n) is 3.94. The Balaban J connectivity index is 1.49. The van der Waals surface area contributed by atoms with Gasteiger partial charge in [0.15, 0.2) is 0 Å². The van der Waals surface area contributed by atoms with Crippen LogP contribution in [-0.4, -0.2) is 39.9 Å². The summed E-state index contributed by atoms with van der Waals surface area (Å²) in [6, 6.07) is 13.1. The molecule has 1 aliphatic heterocycles. The van der Waals surface area contributed by atoms with Crippen molar-refractivity contribution in [2.75, 3.05) is 28.6 Å². The summed E-state index contributed by atoms with van der Waals surface area (Å²) in [5.74, 6) is 5.01. The topological polar surface area (TPSA) is 159 Å². The van der Waals surface area contributed by atoms with Crippen molar-refractivity contribution in [2.45, 2.75) is 19.8 Å². The monoisotopic (exact) mass is 472 g/mol. The van der Waals surface area contributed by atoms with Gasteiger partial charge < -0.3 is 20.4 Å². The summed E-state index contributed by atoms with van der Waals surface area (Å²) in [6.45, 7) is 2.68. The highest BCUT2D eigenvalue weighted by Gasteiger charge is 2.27. The lowest BCUT2D eigenvalue weighted by molar-refractivity contribution is -0.149. The summed E-state index contributed by atoms with van der Waals surface area (Å²) in [6.07, 6.45) is 4.43. The molecule has 0 aliphatic carbocycles. The van der Waals surface area contributed by atoms with Crippen molar-refractivity contribution in [1.29, 1.82) is 5.26 Å². The van der Waals surface area contributed by atoms with Gasteiger partial charge in [-0.25, -0.2) is 15.0 Å². The van der Waals surface area contributed by atoms with E-state index in [1.54, 1.807) is 36.7 Å². The van der Waals surface area contributed by atoms with Gasteiger partial charge in [0, 0.05) is 31.8 Å². The van der Waals surface area contributed by atoms with Crippen LogP contribution in [0.25, 0.3) is 11.3 Å². The van der Waals surface area contributed by atoms with Crippen LogP contribution >= 0.6 is 0 Å². The zero-order valence-corrected chi connectivity index (χ0v) is 19.1. The zero-order chi connectivity index (χ0) is 24.8. The normalized spacial score (nSPS) is 13.6. The molecule has 4 rings (SSSR count). The number of aromatic nitrogens is 3. The predicted molar refractivity (Wildman–Crippen MR) is 129 cm³/mol. The molecule has 0 saturated carbocycles. The minimum Gasteiger partial charge on any atom is -0.373 e. The van der Waals surface area contributed by atoms with E-state index in [0.29, 0.717) is 54.6 Å². The summed E-state index contributed by atoms with van der Waals surface area (Å²) < 4.78 is 0.